The maximum absolute atomic E-state index is 13.6. The average Bonchev–Trinajstić information content (AvgIpc) is 2.91. The van der Waals surface area contributed by atoms with Crippen molar-refractivity contribution in [3.8, 4) is 0 Å². The Morgan fingerprint density at radius 3 is 2.50 bits per heavy atom. The van der Waals surface area contributed by atoms with Crippen molar-refractivity contribution < 1.29 is 9.18 Å². The lowest BCUT2D eigenvalue weighted by Gasteiger charge is -2.25. The first-order valence-electron chi connectivity index (χ1n) is 8.66. The van der Waals surface area contributed by atoms with Crippen LogP contribution in [0.3, 0.4) is 0 Å². The van der Waals surface area contributed by atoms with Gasteiger partial charge in [0.15, 0.2) is 0 Å². The molecule has 0 saturated heterocycles. The third-order valence-corrected chi connectivity index (χ3v) is 4.72. The summed E-state index contributed by atoms with van der Waals surface area (Å²) in [7, 11) is 3.98. The first kappa shape index (κ1) is 18.1. The topological polar surface area (TPSA) is 48.1 Å². The number of benzene rings is 2. The molecule has 2 N–H and O–H groups in total. The minimum absolute atomic E-state index is 0.0572. The summed E-state index contributed by atoms with van der Waals surface area (Å²) in [5.74, 6) is -0.547. The van der Waals surface area contributed by atoms with Gasteiger partial charge in [-0.3, -0.25) is 4.79 Å². The van der Waals surface area contributed by atoms with Gasteiger partial charge in [0.05, 0.1) is 11.6 Å². The van der Waals surface area contributed by atoms with E-state index in [4.69, 9.17) is 0 Å². The number of aromatic nitrogens is 1. The highest BCUT2D eigenvalue weighted by Gasteiger charge is 2.19. The Morgan fingerprint density at radius 2 is 1.85 bits per heavy atom. The Morgan fingerprint density at radius 1 is 1.15 bits per heavy atom. The van der Waals surface area contributed by atoms with Gasteiger partial charge in [-0.05, 0) is 51.7 Å². The van der Waals surface area contributed by atoms with Gasteiger partial charge in [0, 0.05) is 23.1 Å². The van der Waals surface area contributed by atoms with E-state index in [2.05, 4.69) is 46.4 Å². The first-order valence-corrected chi connectivity index (χ1v) is 8.66. The number of aromatic amines is 1. The predicted molar refractivity (Wildman–Crippen MR) is 103 cm³/mol. The number of halogens is 1. The van der Waals surface area contributed by atoms with Gasteiger partial charge in [-0.15, -0.1) is 0 Å². The molecule has 0 spiro atoms. The second-order valence-electron chi connectivity index (χ2n) is 6.92. The van der Waals surface area contributed by atoms with Crippen molar-refractivity contribution in [3.63, 3.8) is 0 Å². The van der Waals surface area contributed by atoms with Crippen LogP contribution in [0, 0.1) is 19.7 Å². The number of carbonyl (C=O) groups is 1. The SMILES string of the molecule is Cc1ccc(C(CNC(=O)c2c(C)[nH]c3ccc(F)cc23)N(C)C)cc1. The molecule has 0 bridgehead atoms. The zero-order valence-electron chi connectivity index (χ0n) is 15.6. The average molecular weight is 353 g/mol. The zero-order chi connectivity index (χ0) is 18.8. The maximum atomic E-state index is 13.6. The van der Waals surface area contributed by atoms with E-state index < -0.39 is 0 Å². The largest absolute Gasteiger partial charge is 0.358 e. The van der Waals surface area contributed by atoms with E-state index in [0.717, 1.165) is 16.8 Å². The van der Waals surface area contributed by atoms with E-state index in [9.17, 15) is 9.18 Å². The van der Waals surface area contributed by atoms with Crippen LogP contribution in [0.25, 0.3) is 10.9 Å². The number of nitrogens with one attached hydrogen (secondary N) is 2. The number of fused-ring (bicyclic) bond motifs is 1. The predicted octanol–water partition coefficient (Wildman–Crippen LogP) is 3.96. The highest BCUT2D eigenvalue weighted by atomic mass is 19.1. The summed E-state index contributed by atoms with van der Waals surface area (Å²) in [5.41, 5.74) is 4.34. The standard InChI is InChI=1S/C21H24FN3O/c1-13-5-7-15(8-6-13)19(25(3)4)12-23-21(26)20-14(2)24-18-10-9-16(22)11-17(18)20/h5-11,19,24H,12H2,1-4H3,(H,23,26). The molecule has 0 fully saturated rings. The van der Waals surface area contributed by atoms with Gasteiger partial charge in [0.2, 0.25) is 0 Å². The molecule has 3 aromatic rings. The molecule has 1 atom stereocenters. The highest BCUT2D eigenvalue weighted by molar-refractivity contribution is 6.08. The maximum Gasteiger partial charge on any atom is 0.253 e. The van der Waals surface area contributed by atoms with Crippen LogP contribution in [0.15, 0.2) is 42.5 Å². The number of hydrogen-bond acceptors (Lipinski definition) is 2. The minimum atomic E-state index is -0.351. The molecule has 2 aromatic carbocycles. The molecule has 3 rings (SSSR count). The molecule has 4 nitrogen and oxygen atoms in total. The number of amides is 1. The molecule has 1 amide bonds. The van der Waals surface area contributed by atoms with Gasteiger partial charge in [-0.2, -0.15) is 0 Å². The third kappa shape index (κ3) is 3.63. The van der Waals surface area contributed by atoms with Gasteiger partial charge in [-0.1, -0.05) is 29.8 Å². The molecule has 1 unspecified atom stereocenters. The lowest BCUT2D eigenvalue weighted by molar-refractivity contribution is 0.0943. The number of H-pyrrole nitrogens is 1. The number of aryl methyl sites for hydroxylation is 2. The van der Waals surface area contributed by atoms with Crippen LogP contribution in [0.4, 0.5) is 4.39 Å². The van der Waals surface area contributed by atoms with Crippen molar-refractivity contribution in [1.29, 1.82) is 0 Å². The molecular weight excluding hydrogens is 329 g/mol. The monoisotopic (exact) mass is 353 g/mol. The fourth-order valence-electron chi connectivity index (χ4n) is 3.26. The van der Waals surface area contributed by atoms with Crippen molar-refractivity contribution >= 4 is 16.8 Å². The number of likely N-dealkylation sites (N-methyl/N-ethyl adjacent to an activating group) is 1. The fraction of sp³-hybridized carbons (Fsp3) is 0.286. The van der Waals surface area contributed by atoms with Crippen LogP contribution in [-0.2, 0) is 0 Å². The summed E-state index contributed by atoms with van der Waals surface area (Å²) in [4.78, 5) is 18.0. The van der Waals surface area contributed by atoms with E-state index in [1.165, 1.54) is 17.7 Å². The number of carbonyl (C=O) groups excluding carboxylic acids is 1. The highest BCUT2D eigenvalue weighted by Crippen LogP contribution is 2.24. The van der Waals surface area contributed by atoms with E-state index in [1.807, 2.05) is 21.0 Å². The summed E-state index contributed by atoms with van der Waals surface area (Å²) in [6.07, 6.45) is 0. The van der Waals surface area contributed by atoms with Crippen molar-refractivity contribution in [2.24, 2.45) is 0 Å². The van der Waals surface area contributed by atoms with Crippen LogP contribution < -0.4 is 5.32 Å². The lowest BCUT2D eigenvalue weighted by atomic mass is 10.0. The molecule has 0 aliphatic carbocycles. The lowest BCUT2D eigenvalue weighted by Crippen LogP contribution is -2.34. The van der Waals surface area contributed by atoms with Crippen molar-refractivity contribution in [1.82, 2.24) is 15.2 Å². The van der Waals surface area contributed by atoms with Gasteiger partial charge < -0.3 is 15.2 Å². The third-order valence-electron chi connectivity index (χ3n) is 4.72. The molecule has 0 aliphatic rings. The van der Waals surface area contributed by atoms with Gasteiger partial charge in [0.1, 0.15) is 5.82 Å². The minimum Gasteiger partial charge on any atom is -0.358 e. The van der Waals surface area contributed by atoms with Crippen molar-refractivity contribution in [3.05, 3.63) is 70.7 Å². The Hall–Kier alpha value is -2.66. The molecular formula is C21H24FN3O. The Bertz CT molecular complexity index is 928. The van der Waals surface area contributed by atoms with Gasteiger partial charge in [0.25, 0.3) is 5.91 Å². The van der Waals surface area contributed by atoms with Crippen molar-refractivity contribution in [2.75, 3.05) is 20.6 Å². The summed E-state index contributed by atoms with van der Waals surface area (Å²) in [5, 5.41) is 3.62. The quantitative estimate of drug-likeness (QED) is 0.729. The summed E-state index contributed by atoms with van der Waals surface area (Å²) < 4.78 is 13.6. The molecule has 5 heteroatoms. The molecule has 26 heavy (non-hydrogen) atoms. The van der Waals surface area contributed by atoms with Crippen molar-refractivity contribution in [2.45, 2.75) is 19.9 Å². The van der Waals surface area contributed by atoms with Crippen LogP contribution in [0.1, 0.15) is 33.2 Å². The summed E-state index contributed by atoms with van der Waals surface area (Å²) in [6, 6.07) is 12.8. The Kier molecular flexibility index (Phi) is 5.09. The van der Waals surface area contributed by atoms with E-state index in [1.54, 1.807) is 6.07 Å². The zero-order valence-corrected chi connectivity index (χ0v) is 15.6. The number of hydrogen-bond donors (Lipinski definition) is 2. The Balaban J connectivity index is 1.82. The van der Waals surface area contributed by atoms with Crippen LogP contribution in [0.5, 0.6) is 0 Å². The Labute approximate surface area is 153 Å². The summed E-state index contributed by atoms with van der Waals surface area (Å²) in [6.45, 7) is 4.35. The molecule has 0 radical (unpaired) electrons. The molecule has 0 saturated carbocycles. The number of nitrogens with zero attached hydrogens (tertiary/aromatic N) is 1. The first-order chi connectivity index (χ1) is 12.4. The van der Waals surface area contributed by atoms with Gasteiger partial charge >= 0.3 is 0 Å². The molecule has 1 heterocycles. The van der Waals surface area contributed by atoms with Crippen LogP contribution in [-0.4, -0.2) is 36.4 Å². The smallest absolute Gasteiger partial charge is 0.253 e. The molecule has 0 aliphatic heterocycles. The van der Waals surface area contributed by atoms with E-state index in [-0.39, 0.29) is 17.8 Å². The molecule has 1 aromatic heterocycles. The van der Waals surface area contributed by atoms with Crippen LogP contribution in [0.2, 0.25) is 0 Å². The molecule has 136 valence electrons. The number of rotatable bonds is 5. The fourth-order valence-corrected chi connectivity index (χ4v) is 3.26. The van der Waals surface area contributed by atoms with E-state index >= 15 is 0 Å². The second kappa shape index (κ2) is 7.30. The normalized spacial score (nSPS) is 12.5. The van der Waals surface area contributed by atoms with Gasteiger partial charge in [-0.25, -0.2) is 4.39 Å². The second-order valence-corrected chi connectivity index (χ2v) is 6.92. The van der Waals surface area contributed by atoms with E-state index in [0.29, 0.717) is 17.5 Å². The van der Waals surface area contributed by atoms with Crippen LogP contribution >= 0.6 is 0 Å². The summed E-state index contributed by atoms with van der Waals surface area (Å²) >= 11 is 0.